The van der Waals surface area contributed by atoms with E-state index in [1.807, 2.05) is 25.3 Å². The Morgan fingerprint density at radius 3 is 2.35 bits per heavy atom. The standard InChI is InChI=1S/C18H22N2O5S/c1-10-9-26-17(18(21)25-6)14(10)20-19-11(2)12-7-8-13(22-3)16(24-5)15(12)23-4/h7-9,20H,1-6H3/b19-11+. The summed E-state index contributed by atoms with van der Waals surface area (Å²) in [5, 5.41) is 6.28. The molecule has 0 fully saturated rings. The topological polar surface area (TPSA) is 78.4 Å². The van der Waals surface area contributed by atoms with Crippen molar-refractivity contribution in [3.05, 3.63) is 33.5 Å². The molecule has 0 aliphatic carbocycles. The molecule has 0 unspecified atom stereocenters. The molecule has 1 aromatic heterocycles. The van der Waals surface area contributed by atoms with Crippen LogP contribution in [0.5, 0.6) is 17.2 Å². The average molecular weight is 378 g/mol. The first-order chi connectivity index (χ1) is 12.5. The Labute approximate surface area is 156 Å². The van der Waals surface area contributed by atoms with Gasteiger partial charge in [-0.05, 0) is 36.9 Å². The Hall–Kier alpha value is -2.74. The summed E-state index contributed by atoms with van der Waals surface area (Å²) in [5.41, 5.74) is 5.89. The Morgan fingerprint density at radius 2 is 1.77 bits per heavy atom. The van der Waals surface area contributed by atoms with E-state index in [1.165, 1.54) is 18.4 Å². The van der Waals surface area contributed by atoms with Crippen molar-refractivity contribution in [2.24, 2.45) is 5.10 Å². The maximum Gasteiger partial charge on any atom is 0.350 e. The largest absolute Gasteiger partial charge is 0.493 e. The van der Waals surface area contributed by atoms with E-state index in [9.17, 15) is 4.79 Å². The van der Waals surface area contributed by atoms with Gasteiger partial charge < -0.3 is 18.9 Å². The van der Waals surface area contributed by atoms with Gasteiger partial charge in [0.15, 0.2) is 11.5 Å². The van der Waals surface area contributed by atoms with Crippen LogP contribution in [0, 0.1) is 6.92 Å². The van der Waals surface area contributed by atoms with Crippen molar-refractivity contribution >= 4 is 28.7 Å². The summed E-state index contributed by atoms with van der Waals surface area (Å²) in [4.78, 5) is 12.3. The molecule has 0 aliphatic rings. The molecule has 7 nitrogen and oxygen atoms in total. The van der Waals surface area contributed by atoms with E-state index >= 15 is 0 Å². The molecule has 140 valence electrons. The maximum atomic E-state index is 11.9. The predicted molar refractivity (Wildman–Crippen MR) is 102 cm³/mol. The van der Waals surface area contributed by atoms with Crippen LogP contribution in [0.1, 0.15) is 27.7 Å². The number of esters is 1. The minimum absolute atomic E-state index is 0.401. The lowest BCUT2D eigenvalue weighted by atomic mass is 10.1. The van der Waals surface area contributed by atoms with Gasteiger partial charge in [0.05, 0.1) is 39.8 Å². The number of carbonyl (C=O) groups excluding carboxylic acids is 1. The molecule has 1 N–H and O–H groups in total. The van der Waals surface area contributed by atoms with E-state index in [1.54, 1.807) is 27.4 Å². The van der Waals surface area contributed by atoms with Crippen LogP contribution < -0.4 is 19.6 Å². The van der Waals surface area contributed by atoms with Crippen LogP contribution in [-0.2, 0) is 4.74 Å². The highest BCUT2D eigenvalue weighted by atomic mass is 32.1. The number of methoxy groups -OCH3 is 4. The monoisotopic (exact) mass is 378 g/mol. The second-order valence-electron chi connectivity index (χ2n) is 5.31. The minimum atomic E-state index is -0.401. The molecule has 0 spiro atoms. The molecule has 0 atom stereocenters. The van der Waals surface area contributed by atoms with Crippen molar-refractivity contribution in [2.75, 3.05) is 33.9 Å². The van der Waals surface area contributed by atoms with Crippen LogP contribution in [-0.4, -0.2) is 40.1 Å². The SMILES string of the molecule is COC(=O)c1scc(C)c1N/N=C(\C)c1ccc(OC)c(OC)c1OC. The molecule has 0 radical (unpaired) electrons. The van der Waals surface area contributed by atoms with Gasteiger partial charge in [0.1, 0.15) is 4.88 Å². The summed E-state index contributed by atoms with van der Waals surface area (Å²) in [5.74, 6) is 1.17. The first-order valence-electron chi connectivity index (χ1n) is 7.74. The second kappa shape index (κ2) is 8.57. The zero-order chi connectivity index (χ0) is 19.3. The van der Waals surface area contributed by atoms with Crippen molar-refractivity contribution in [2.45, 2.75) is 13.8 Å². The normalized spacial score (nSPS) is 11.1. The van der Waals surface area contributed by atoms with E-state index in [0.29, 0.717) is 33.5 Å². The molecule has 1 heterocycles. The van der Waals surface area contributed by atoms with Gasteiger partial charge in [0.25, 0.3) is 0 Å². The number of anilines is 1. The smallest absolute Gasteiger partial charge is 0.350 e. The van der Waals surface area contributed by atoms with Crippen LogP contribution in [0.4, 0.5) is 5.69 Å². The van der Waals surface area contributed by atoms with Gasteiger partial charge >= 0.3 is 5.97 Å². The minimum Gasteiger partial charge on any atom is -0.493 e. The number of nitrogens with zero attached hydrogens (tertiary/aromatic N) is 1. The number of carbonyl (C=O) groups is 1. The molecule has 0 amide bonds. The van der Waals surface area contributed by atoms with Gasteiger partial charge in [-0.1, -0.05) is 0 Å². The lowest BCUT2D eigenvalue weighted by molar-refractivity contribution is 0.0607. The van der Waals surface area contributed by atoms with Crippen LogP contribution in [0.25, 0.3) is 0 Å². The lowest BCUT2D eigenvalue weighted by Crippen LogP contribution is -2.07. The summed E-state index contributed by atoms with van der Waals surface area (Å²) in [6, 6.07) is 3.62. The summed E-state index contributed by atoms with van der Waals surface area (Å²) in [6.45, 7) is 3.73. The number of rotatable bonds is 7. The maximum absolute atomic E-state index is 11.9. The fourth-order valence-corrected chi connectivity index (χ4v) is 3.33. The highest BCUT2D eigenvalue weighted by Gasteiger charge is 2.19. The van der Waals surface area contributed by atoms with E-state index in [4.69, 9.17) is 18.9 Å². The van der Waals surface area contributed by atoms with Crippen molar-refractivity contribution in [3.8, 4) is 17.2 Å². The predicted octanol–water partition coefficient (Wildman–Crippen LogP) is 3.71. The number of aryl methyl sites for hydroxylation is 1. The quantitative estimate of drug-likeness (QED) is 0.450. The van der Waals surface area contributed by atoms with E-state index in [-0.39, 0.29) is 0 Å². The first kappa shape index (κ1) is 19.6. The van der Waals surface area contributed by atoms with E-state index in [2.05, 4.69) is 10.5 Å². The summed E-state index contributed by atoms with van der Waals surface area (Å²) >= 11 is 1.31. The zero-order valence-corrected chi connectivity index (χ0v) is 16.4. The molecule has 8 heteroatoms. The average Bonchev–Trinajstić information content (AvgIpc) is 3.04. The Balaban J connectivity index is 2.40. The van der Waals surface area contributed by atoms with Gasteiger partial charge in [-0.25, -0.2) is 4.79 Å². The number of hydrogen-bond donors (Lipinski definition) is 1. The molecular weight excluding hydrogens is 356 g/mol. The van der Waals surface area contributed by atoms with Crippen molar-refractivity contribution < 1.29 is 23.7 Å². The van der Waals surface area contributed by atoms with Crippen molar-refractivity contribution in [1.29, 1.82) is 0 Å². The van der Waals surface area contributed by atoms with Crippen molar-refractivity contribution in [1.82, 2.24) is 0 Å². The van der Waals surface area contributed by atoms with Gasteiger partial charge in [0.2, 0.25) is 5.75 Å². The third-order valence-corrected chi connectivity index (χ3v) is 4.85. The summed E-state index contributed by atoms with van der Waals surface area (Å²) < 4.78 is 21.0. The molecule has 2 rings (SSSR count). The van der Waals surface area contributed by atoms with Gasteiger partial charge in [-0.2, -0.15) is 5.10 Å². The van der Waals surface area contributed by atoms with Gasteiger partial charge in [0, 0.05) is 5.56 Å². The summed E-state index contributed by atoms with van der Waals surface area (Å²) in [7, 11) is 6.02. The van der Waals surface area contributed by atoms with Crippen molar-refractivity contribution in [3.63, 3.8) is 0 Å². The Kier molecular flexibility index (Phi) is 6.46. The summed E-state index contributed by atoms with van der Waals surface area (Å²) in [6.07, 6.45) is 0. The number of hydrazone groups is 1. The van der Waals surface area contributed by atoms with Gasteiger partial charge in [-0.15, -0.1) is 11.3 Å². The van der Waals surface area contributed by atoms with Crippen LogP contribution in [0.2, 0.25) is 0 Å². The molecule has 2 aromatic rings. The Morgan fingerprint density at radius 1 is 1.08 bits per heavy atom. The number of thiophene rings is 1. The molecule has 0 saturated carbocycles. The van der Waals surface area contributed by atoms with E-state index in [0.717, 1.165) is 11.1 Å². The number of nitrogens with one attached hydrogen (secondary N) is 1. The van der Waals surface area contributed by atoms with E-state index < -0.39 is 5.97 Å². The Bertz CT molecular complexity index is 829. The van der Waals surface area contributed by atoms with Crippen LogP contribution in [0.15, 0.2) is 22.6 Å². The molecule has 26 heavy (non-hydrogen) atoms. The molecule has 0 bridgehead atoms. The zero-order valence-electron chi connectivity index (χ0n) is 15.6. The lowest BCUT2D eigenvalue weighted by Gasteiger charge is -2.15. The third-order valence-electron chi connectivity index (χ3n) is 3.78. The molecule has 1 aromatic carbocycles. The molecular formula is C18H22N2O5S. The fourth-order valence-electron chi connectivity index (χ4n) is 2.41. The van der Waals surface area contributed by atoms with Crippen LogP contribution >= 0.6 is 11.3 Å². The highest BCUT2D eigenvalue weighted by Crippen LogP contribution is 2.40. The third kappa shape index (κ3) is 3.75. The molecule has 0 aliphatic heterocycles. The van der Waals surface area contributed by atoms with Crippen LogP contribution in [0.3, 0.4) is 0 Å². The fraction of sp³-hybridized carbons (Fsp3) is 0.333. The number of benzene rings is 1. The first-order valence-corrected chi connectivity index (χ1v) is 8.62. The molecule has 0 saturated heterocycles. The second-order valence-corrected chi connectivity index (χ2v) is 6.18. The number of hydrogen-bond acceptors (Lipinski definition) is 8. The highest BCUT2D eigenvalue weighted by molar-refractivity contribution is 7.12. The van der Waals surface area contributed by atoms with Gasteiger partial charge in [-0.3, -0.25) is 5.43 Å². The number of ether oxygens (including phenoxy) is 4.